The number of aryl methyl sites for hydroxylation is 2. The molecule has 6 heteroatoms. The lowest BCUT2D eigenvalue weighted by atomic mass is 10.1. The third kappa shape index (κ3) is 1.37. The summed E-state index contributed by atoms with van der Waals surface area (Å²) in [5.74, 6) is -0.909. The van der Waals surface area contributed by atoms with E-state index in [-0.39, 0.29) is 12.0 Å². The highest BCUT2D eigenvalue weighted by Gasteiger charge is 2.19. The van der Waals surface area contributed by atoms with Gasteiger partial charge >= 0.3 is 5.97 Å². The van der Waals surface area contributed by atoms with E-state index in [1.807, 2.05) is 6.92 Å². The first-order valence-corrected chi connectivity index (χ1v) is 5.61. The first kappa shape index (κ1) is 10.9. The number of carboxylic acids is 1. The molecule has 0 aromatic carbocycles. The number of hydrogen-bond acceptors (Lipinski definition) is 3. The Labute approximate surface area is 95.5 Å². The molecule has 0 aliphatic rings. The monoisotopic (exact) mass is 240 g/mol. The Hall–Kier alpha value is -1.56. The van der Waals surface area contributed by atoms with E-state index in [0.29, 0.717) is 10.9 Å². The third-order valence-electron chi connectivity index (χ3n) is 2.77. The lowest BCUT2D eigenvalue weighted by Gasteiger charge is -1.98. The van der Waals surface area contributed by atoms with E-state index in [9.17, 15) is 9.59 Å². The second-order valence-electron chi connectivity index (χ2n) is 3.74. The molecule has 2 aromatic rings. The number of nitrogens with zero attached hydrogens (tertiary/aromatic N) is 2. The van der Waals surface area contributed by atoms with Crippen LogP contribution in [0.4, 0.5) is 0 Å². The maximum Gasteiger partial charge on any atom is 0.307 e. The van der Waals surface area contributed by atoms with Gasteiger partial charge in [-0.3, -0.25) is 19.0 Å². The number of aliphatic carboxylic acids is 1. The average Bonchev–Trinajstić information content (AvgIpc) is 2.61. The molecule has 1 N–H and O–H groups in total. The maximum absolute atomic E-state index is 11.9. The Kier molecular flexibility index (Phi) is 2.38. The largest absolute Gasteiger partial charge is 0.481 e. The first-order chi connectivity index (χ1) is 7.43. The Bertz CT molecular complexity index is 633. The van der Waals surface area contributed by atoms with Crippen molar-refractivity contribution in [2.24, 2.45) is 14.1 Å². The minimum atomic E-state index is -0.909. The second kappa shape index (κ2) is 3.48. The van der Waals surface area contributed by atoms with E-state index in [4.69, 9.17) is 5.11 Å². The van der Waals surface area contributed by atoms with Gasteiger partial charge in [-0.2, -0.15) is 0 Å². The van der Waals surface area contributed by atoms with Crippen molar-refractivity contribution in [1.82, 2.24) is 9.36 Å². The molecule has 5 nitrogen and oxygen atoms in total. The van der Waals surface area contributed by atoms with Crippen molar-refractivity contribution in [2.45, 2.75) is 13.3 Å². The molecule has 0 radical (unpaired) electrons. The minimum Gasteiger partial charge on any atom is -0.481 e. The number of hydrogen-bond donors (Lipinski definition) is 1. The Morgan fingerprint density at radius 3 is 2.56 bits per heavy atom. The normalized spacial score (nSPS) is 11.2. The molecule has 0 aliphatic heterocycles. The summed E-state index contributed by atoms with van der Waals surface area (Å²) in [6.07, 6.45) is -0.0922. The quantitative estimate of drug-likeness (QED) is 0.847. The first-order valence-electron chi connectivity index (χ1n) is 4.79. The lowest BCUT2D eigenvalue weighted by molar-refractivity contribution is -0.136. The maximum atomic E-state index is 11.9. The van der Waals surface area contributed by atoms with Crippen LogP contribution in [-0.4, -0.2) is 20.4 Å². The number of aromatic nitrogens is 2. The van der Waals surface area contributed by atoms with Gasteiger partial charge in [0, 0.05) is 19.0 Å². The van der Waals surface area contributed by atoms with Gasteiger partial charge in [0.25, 0.3) is 5.56 Å². The van der Waals surface area contributed by atoms with Crippen LogP contribution in [0.2, 0.25) is 0 Å². The van der Waals surface area contributed by atoms with Gasteiger partial charge in [-0.15, -0.1) is 11.3 Å². The zero-order valence-electron chi connectivity index (χ0n) is 9.27. The van der Waals surface area contributed by atoms with Crippen LogP contribution < -0.4 is 5.56 Å². The summed E-state index contributed by atoms with van der Waals surface area (Å²) in [4.78, 5) is 24.4. The fourth-order valence-electron chi connectivity index (χ4n) is 1.81. The highest BCUT2D eigenvalue weighted by atomic mass is 32.1. The molecule has 0 unspecified atom stereocenters. The van der Waals surface area contributed by atoms with Crippen molar-refractivity contribution in [1.29, 1.82) is 0 Å². The molecule has 16 heavy (non-hydrogen) atoms. The van der Waals surface area contributed by atoms with Crippen LogP contribution in [0, 0.1) is 6.92 Å². The topological polar surface area (TPSA) is 64.2 Å². The van der Waals surface area contributed by atoms with Crippen molar-refractivity contribution in [3.63, 3.8) is 0 Å². The molecular weight excluding hydrogens is 228 g/mol. The van der Waals surface area contributed by atoms with Crippen molar-refractivity contribution in [3.05, 3.63) is 20.8 Å². The summed E-state index contributed by atoms with van der Waals surface area (Å²) in [6.45, 7) is 1.85. The summed E-state index contributed by atoms with van der Waals surface area (Å²) in [5, 5.41) is 9.38. The average molecular weight is 240 g/mol. The zero-order valence-corrected chi connectivity index (χ0v) is 10.1. The van der Waals surface area contributed by atoms with Crippen molar-refractivity contribution in [2.75, 3.05) is 0 Å². The summed E-state index contributed by atoms with van der Waals surface area (Å²) in [6, 6.07) is 0. The summed E-state index contributed by atoms with van der Waals surface area (Å²) >= 11 is 1.46. The molecule has 0 spiro atoms. The highest BCUT2D eigenvalue weighted by molar-refractivity contribution is 7.18. The molecule has 0 aliphatic carbocycles. The zero-order chi connectivity index (χ0) is 12.0. The van der Waals surface area contributed by atoms with Crippen LogP contribution in [0.5, 0.6) is 0 Å². The van der Waals surface area contributed by atoms with E-state index in [2.05, 4.69) is 0 Å². The predicted molar refractivity (Wildman–Crippen MR) is 62.1 cm³/mol. The molecule has 0 saturated carbocycles. The van der Waals surface area contributed by atoms with Crippen LogP contribution in [0.3, 0.4) is 0 Å². The van der Waals surface area contributed by atoms with E-state index in [1.54, 1.807) is 18.8 Å². The smallest absolute Gasteiger partial charge is 0.307 e. The van der Waals surface area contributed by atoms with E-state index in [1.165, 1.54) is 16.0 Å². The molecular formula is C10H12N2O3S. The van der Waals surface area contributed by atoms with E-state index >= 15 is 0 Å². The molecule has 0 saturated heterocycles. The van der Waals surface area contributed by atoms with Gasteiger partial charge in [0.15, 0.2) is 0 Å². The number of carbonyl (C=O) groups is 1. The third-order valence-corrected chi connectivity index (χ3v) is 3.98. The Balaban J connectivity index is 2.83. The minimum absolute atomic E-state index is 0.0922. The molecule has 0 fully saturated rings. The lowest BCUT2D eigenvalue weighted by Crippen LogP contribution is -2.17. The van der Waals surface area contributed by atoms with Crippen molar-refractivity contribution < 1.29 is 9.90 Å². The molecule has 2 heterocycles. The van der Waals surface area contributed by atoms with Gasteiger partial charge in [0.05, 0.1) is 11.8 Å². The number of fused-ring (bicyclic) bond motifs is 1. The molecule has 0 amide bonds. The van der Waals surface area contributed by atoms with Gasteiger partial charge in [-0.25, -0.2) is 0 Å². The summed E-state index contributed by atoms with van der Waals surface area (Å²) < 4.78 is 3.24. The summed E-state index contributed by atoms with van der Waals surface area (Å²) in [5.41, 5.74) is 0.520. The molecule has 2 aromatic heterocycles. The van der Waals surface area contributed by atoms with E-state index in [0.717, 1.165) is 9.71 Å². The fraction of sp³-hybridized carbons (Fsp3) is 0.400. The second-order valence-corrected chi connectivity index (χ2v) is 4.94. The molecule has 0 atom stereocenters. The van der Waals surface area contributed by atoms with E-state index < -0.39 is 5.97 Å². The molecule has 0 bridgehead atoms. The SMILES string of the molecule is Cc1sc2c(c1CC(=O)O)c(=O)n(C)n2C. The summed E-state index contributed by atoms with van der Waals surface area (Å²) in [7, 11) is 3.47. The van der Waals surface area contributed by atoms with Crippen LogP contribution in [0.25, 0.3) is 10.2 Å². The Morgan fingerprint density at radius 1 is 1.38 bits per heavy atom. The number of rotatable bonds is 2. The van der Waals surface area contributed by atoms with Crippen LogP contribution >= 0.6 is 11.3 Å². The van der Waals surface area contributed by atoms with Gasteiger partial charge in [0.1, 0.15) is 4.83 Å². The molecule has 2 rings (SSSR count). The van der Waals surface area contributed by atoms with Crippen molar-refractivity contribution >= 4 is 27.5 Å². The van der Waals surface area contributed by atoms with Crippen LogP contribution in [0.15, 0.2) is 4.79 Å². The highest BCUT2D eigenvalue weighted by Crippen LogP contribution is 2.28. The number of carboxylic acid groups (broad SMARTS) is 1. The van der Waals surface area contributed by atoms with Gasteiger partial charge in [-0.1, -0.05) is 0 Å². The van der Waals surface area contributed by atoms with Gasteiger partial charge in [0.2, 0.25) is 0 Å². The van der Waals surface area contributed by atoms with Crippen molar-refractivity contribution in [3.8, 4) is 0 Å². The van der Waals surface area contributed by atoms with Gasteiger partial charge in [-0.05, 0) is 12.5 Å². The predicted octanol–water partition coefficient (Wildman–Crippen LogP) is 0.874. The number of thiophene rings is 1. The standard InChI is InChI=1S/C10H12N2O3S/c1-5-6(4-7(13)14)8-9(15)11(2)12(3)10(8)16-5/h4H2,1-3H3,(H,13,14). The Morgan fingerprint density at radius 2 is 2.00 bits per heavy atom. The fourth-order valence-corrected chi connectivity index (χ4v) is 2.96. The van der Waals surface area contributed by atoms with Crippen LogP contribution in [0.1, 0.15) is 10.4 Å². The molecule has 86 valence electrons. The van der Waals surface area contributed by atoms with Crippen LogP contribution in [-0.2, 0) is 25.3 Å². The van der Waals surface area contributed by atoms with Gasteiger partial charge < -0.3 is 5.11 Å².